The van der Waals surface area contributed by atoms with Gasteiger partial charge in [0.1, 0.15) is 0 Å². The van der Waals surface area contributed by atoms with E-state index in [1.54, 1.807) is 30.3 Å². The summed E-state index contributed by atoms with van der Waals surface area (Å²) in [6.07, 6.45) is 0.791. The molecule has 0 aliphatic carbocycles. The lowest BCUT2D eigenvalue weighted by atomic mass is 10.1. The maximum Gasteiger partial charge on any atom is 0.400 e. The first-order valence-corrected chi connectivity index (χ1v) is 17.3. The third kappa shape index (κ3) is 7.43. The first-order valence-electron chi connectivity index (χ1n) is 15.0. The number of sulfone groups is 1. The molecule has 4 amide bonds. The Balaban J connectivity index is 0.000000202. The Hall–Kier alpha value is -5.48. The molecule has 2 heterocycles. The van der Waals surface area contributed by atoms with Crippen molar-refractivity contribution in [3.8, 4) is 0 Å². The van der Waals surface area contributed by atoms with E-state index >= 15 is 0 Å². The van der Waals surface area contributed by atoms with Crippen LogP contribution in [0.25, 0.3) is 0 Å². The summed E-state index contributed by atoms with van der Waals surface area (Å²) in [5, 5.41) is -8.63. The van der Waals surface area contributed by atoms with Crippen molar-refractivity contribution in [3.63, 3.8) is 0 Å². The molecule has 4 aromatic rings. The molecule has 268 valence electrons. The second-order valence-corrected chi connectivity index (χ2v) is 14.1. The second kappa shape index (κ2) is 15.0. The molecule has 0 unspecified atom stereocenters. The highest BCUT2D eigenvalue weighted by molar-refractivity contribution is 8.00. The zero-order valence-electron chi connectivity index (χ0n) is 26.4. The van der Waals surface area contributed by atoms with Crippen molar-refractivity contribution in [3.05, 3.63) is 155 Å². The lowest BCUT2D eigenvalue weighted by Gasteiger charge is -2.16. The number of hydrogen-bond acceptors (Lipinski definition) is 7. The van der Waals surface area contributed by atoms with E-state index in [-0.39, 0.29) is 45.0 Å². The fourth-order valence-corrected chi connectivity index (χ4v) is 6.87. The van der Waals surface area contributed by atoms with Crippen LogP contribution >= 0.6 is 11.8 Å². The van der Waals surface area contributed by atoms with E-state index in [2.05, 4.69) is 0 Å². The van der Waals surface area contributed by atoms with Crippen LogP contribution in [0, 0.1) is 0 Å². The zero-order chi connectivity index (χ0) is 37.8. The van der Waals surface area contributed by atoms with Gasteiger partial charge in [-0.25, -0.2) is 17.2 Å². The Bertz CT molecular complexity index is 2140. The lowest BCUT2D eigenvalue weighted by molar-refractivity contribution is 0.0652. The Kier molecular flexibility index (Phi) is 10.9. The van der Waals surface area contributed by atoms with Crippen molar-refractivity contribution < 1.29 is 53.9 Å². The molecule has 0 spiro atoms. The molecule has 0 N–H and O–H groups in total. The summed E-state index contributed by atoms with van der Waals surface area (Å²) in [4.78, 5) is 49.3. The van der Waals surface area contributed by atoms with Gasteiger partial charge in [-0.05, 0) is 72.4 Å². The van der Waals surface area contributed by atoms with E-state index in [0.717, 1.165) is 17.0 Å². The number of amides is 4. The van der Waals surface area contributed by atoms with Gasteiger partial charge < -0.3 is 0 Å². The summed E-state index contributed by atoms with van der Waals surface area (Å²) >= 11 is 0.0604. The van der Waals surface area contributed by atoms with Crippen molar-refractivity contribution in [2.45, 2.75) is 20.3 Å². The average molecular weight is 759 g/mol. The quantitative estimate of drug-likeness (QED) is 0.0926. The number of halogens is 6. The van der Waals surface area contributed by atoms with Gasteiger partial charge in [-0.2, -0.15) is 17.6 Å². The van der Waals surface area contributed by atoms with Gasteiger partial charge in [-0.15, -0.1) is 0 Å². The lowest BCUT2D eigenvalue weighted by Crippen LogP contribution is -2.33. The minimum atomic E-state index is -5.33. The van der Waals surface area contributed by atoms with Gasteiger partial charge in [0, 0.05) is 4.90 Å². The number of thioether (sulfide) groups is 1. The SMILES string of the molecule is O=C1c2ccccc2C(=O)N1C/C=C(\F)C(F)(F)S(=O)(=O)c1ccccc1.O=C1c2ccccc2C(=O)N1C/C=C(\F)C(F)(F)Sc1ccccc1. The van der Waals surface area contributed by atoms with Crippen LogP contribution in [0.5, 0.6) is 0 Å². The Morgan fingerprint density at radius 1 is 0.558 bits per heavy atom. The van der Waals surface area contributed by atoms with Crippen LogP contribution in [0.15, 0.2) is 143 Å². The number of rotatable bonds is 10. The number of fused-ring (bicyclic) bond motifs is 2. The van der Waals surface area contributed by atoms with E-state index in [1.165, 1.54) is 66.7 Å². The third-order valence-corrected chi connectivity index (χ3v) is 10.3. The molecule has 0 radical (unpaired) electrons. The Morgan fingerprint density at radius 3 is 1.31 bits per heavy atom. The van der Waals surface area contributed by atoms with E-state index < -0.39 is 73.6 Å². The highest BCUT2D eigenvalue weighted by Gasteiger charge is 2.51. The van der Waals surface area contributed by atoms with Crippen LogP contribution in [0.4, 0.5) is 26.3 Å². The van der Waals surface area contributed by atoms with Crippen molar-refractivity contribution in [1.29, 1.82) is 0 Å². The Morgan fingerprint density at radius 2 is 0.904 bits per heavy atom. The van der Waals surface area contributed by atoms with Gasteiger partial charge in [0.05, 0.1) is 40.2 Å². The molecule has 6 rings (SSSR count). The van der Waals surface area contributed by atoms with E-state index in [0.29, 0.717) is 11.0 Å². The number of carbonyl (C=O) groups is 4. The monoisotopic (exact) mass is 758 g/mol. The number of nitrogens with zero attached hydrogens (tertiary/aromatic N) is 2. The van der Waals surface area contributed by atoms with Crippen LogP contribution in [0.2, 0.25) is 0 Å². The van der Waals surface area contributed by atoms with Crippen LogP contribution in [0.3, 0.4) is 0 Å². The first-order chi connectivity index (χ1) is 24.6. The number of carbonyl (C=O) groups excluding carboxylic acids is 4. The molecule has 0 saturated carbocycles. The third-order valence-electron chi connectivity index (χ3n) is 7.60. The standard InChI is InChI=1S/C18H12F3NO4S.C18H12F3NO2S/c19-15(18(20,21)27(25,26)12-6-2-1-3-7-12)10-11-22-16(23)13-8-4-5-9-14(13)17(22)24;19-15(18(20,21)25-12-6-2-1-3-7-12)10-11-22-16(23)13-8-4-5-9-14(13)17(22)24/h1-10H,11H2;1-10H,11H2/b2*15-10-. The van der Waals surface area contributed by atoms with Gasteiger partial charge in [-0.1, -0.05) is 60.7 Å². The van der Waals surface area contributed by atoms with E-state index in [9.17, 15) is 53.9 Å². The van der Waals surface area contributed by atoms with Gasteiger partial charge in [0.2, 0.25) is 0 Å². The van der Waals surface area contributed by atoms with Crippen molar-refractivity contribution in [1.82, 2.24) is 9.80 Å². The average Bonchev–Trinajstić information content (AvgIpc) is 3.53. The molecule has 0 bridgehead atoms. The fraction of sp³-hybridized carbons (Fsp3) is 0.111. The van der Waals surface area contributed by atoms with Gasteiger partial charge in [-0.3, -0.25) is 29.0 Å². The molecule has 2 aliphatic rings. The summed E-state index contributed by atoms with van der Waals surface area (Å²) in [6, 6.07) is 25.3. The summed E-state index contributed by atoms with van der Waals surface area (Å²) < 4.78 is 108. The minimum Gasteiger partial charge on any atom is -0.270 e. The number of hydrogen-bond donors (Lipinski definition) is 0. The summed E-state index contributed by atoms with van der Waals surface area (Å²) in [6.45, 7) is -1.37. The second-order valence-electron chi connectivity index (χ2n) is 10.9. The smallest absolute Gasteiger partial charge is 0.270 e. The van der Waals surface area contributed by atoms with Crippen LogP contribution in [-0.4, -0.2) is 65.4 Å². The number of benzene rings is 4. The predicted molar refractivity (Wildman–Crippen MR) is 178 cm³/mol. The van der Waals surface area contributed by atoms with Gasteiger partial charge >= 0.3 is 10.5 Å². The minimum absolute atomic E-state index is 0.0604. The molecule has 0 atom stereocenters. The Labute approximate surface area is 297 Å². The van der Waals surface area contributed by atoms with Crippen LogP contribution < -0.4 is 0 Å². The topological polar surface area (TPSA) is 109 Å². The first kappa shape index (κ1) is 37.8. The molecular formula is C36H24F6N2O6S2. The van der Waals surface area contributed by atoms with Crippen molar-refractivity contribution in [2.24, 2.45) is 0 Å². The molecule has 0 aromatic heterocycles. The molecule has 0 fully saturated rings. The number of imide groups is 2. The normalized spacial score (nSPS) is 15.0. The molecule has 8 nitrogen and oxygen atoms in total. The number of alkyl halides is 4. The highest BCUT2D eigenvalue weighted by Crippen LogP contribution is 2.42. The maximum absolute atomic E-state index is 14.2. The van der Waals surface area contributed by atoms with Crippen molar-refractivity contribution >= 4 is 45.2 Å². The highest BCUT2D eigenvalue weighted by atomic mass is 32.2. The molecule has 0 saturated heterocycles. The summed E-state index contributed by atoms with van der Waals surface area (Å²) in [5.41, 5.74) is 0.512. The maximum atomic E-state index is 14.2. The molecular weight excluding hydrogens is 735 g/mol. The fourth-order valence-electron chi connectivity index (χ4n) is 4.95. The molecule has 2 aliphatic heterocycles. The predicted octanol–water partition coefficient (Wildman–Crippen LogP) is 7.72. The van der Waals surface area contributed by atoms with Crippen LogP contribution in [-0.2, 0) is 9.84 Å². The van der Waals surface area contributed by atoms with Gasteiger partial charge in [0.15, 0.2) is 11.7 Å². The summed E-state index contributed by atoms with van der Waals surface area (Å²) in [7, 11) is -5.33. The molecule has 4 aromatic carbocycles. The molecule has 52 heavy (non-hydrogen) atoms. The van der Waals surface area contributed by atoms with Crippen LogP contribution in [0.1, 0.15) is 41.4 Å². The molecule has 16 heteroatoms. The van der Waals surface area contributed by atoms with E-state index in [4.69, 9.17) is 0 Å². The zero-order valence-corrected chi connectivity index (χ0v) is 28.0. The van der Waals surface area contributed by atoms with E-state index in [1.807, 2.05) is 0 Å². The summed E-state index contributed by atoms with van der Waals surface area (Å²) in [5.74, 6) is -6.74. The van der Waals surface area contributed by atoms with Crippen molar-refractivity contribution in [2.75, 3.05) is 13.1 Å². The largest absolute Gasteiger partial charge is 0.400 e. The van der Waals surface area contributed by atoms with Gasteiger partial charge in [0.25, 0.3) is 33.5 Å².